The highest BCUT2D eigenvalue weighted by molar-refractivity contribution is 6.11. The van der Waals surface area contributed by atoms with Crippen molar-refractivity contribution in [2.45, 2.75) is 0 Å². The Hall–Kier alpha value is -3.46. The molecule has 0 N–H and O–H groups in total. The van der Waals surface area contributed by atoms with E-state index >= 15 is 0 Å². The predicted molar refractivity (Wildman–Crippen MR) is 83.2 cm³/mol. The van der Waals surface area contributed by atoms with Crippen LogP contribution in [-0.2, 0) is 0 Å². The number of nitrogens with zero attached hydrogens (tertiary/aromatic N) is 4. The third-order valence-electron chi connectivity index (χ3n) is 3.86. The Morgan fingerprint density at radius 1 is 0.875 bits per heavy atom. The molecule has 0 amide bonds. The van der Waals surface area contributed by atoms with Crippen LogP contribution in [0.4, 0.5) is 8.78 Å². The molecule has 0 spiro atoms. The van der Waals surface area contributed by atoms with Gasteiger partial charge in [-0.25, -0.2) is 9.37 Å². The smallest absolute Gasteiger partial charge is 0.249 e. The number of rotatable bonds is 1. The first-order valence-electron chi connectivity index (χ1n) is 7.08. The summed E-state index contributed by atoms with van der Waals surface area (Å²) < 4.78 is 27.7. The number of allylic oxidation sites excluding steroid dienone is 1. The van der Waals surface area contributed by atoms with Crippen molar-refractivity contribution in [1.29, 1.82) is 5.26 Å². The van der Waals surface area contributed by atoms with E-state index in [-0.39, 0.29) is 11.1 Å². The molecule has 0 unspecified atom stereocenters. The van der Waals surface area contributed by atoms with Crippen molar-refractivity contribution in [1.82, 2.24) is 15.0 Å². The van der Waals surface area contributed by atoms with Crippen LogP contribution >= 0.6 is 0 Å². The highest BCUT2D eigenvalue weighted by atomic mass is 19.2. The molecule has 3 aromatic rings. The van der Waals surface area contributed by atoms with Gasteiger partial charge in [-0.1, -0.05) is 12.1 Å². The Bertz CT molecular complexity index is 1000. The predicted octanol–water partition coefficient (Wildman–Crippen LogP) is 3.61. The Morgan fingerprint density at radius 2 is 1.50 bits per heavy atom. The third-order valence-corrected chi connectivity index (χ3v) is 3.86. The van der Waals surface area contributed by atoms with Gasteiger partial charge < -0.3 is 0 Å². The van der Waals surface area contributed by atoms with Gasteiger partial charge in [-0.15, -0.1) is 0 Å². The monoisotopic (exact) mass is 318 g/mol. The lowest BCUT2D eigenvalue weighted by Gasteiger charge is -2.08. The normalized spacial score (nSPS) is 11.6. The summed E-state index contributed by atoms with van der Waals surface area (Å²) in [7, 11) is 0. The first-order valence-corrected chi connectivity index (χ1v) is 7.08. The van der Waals surface area contributed by atoms with Gasteiger partial charge in [-0.3, -0.25) is 9.97 Å². The van der Waals surface area contributed by atoms with Gasteiger partial charge in [0.2, 0.25) is 5.95 Å². The minimum atomic E-state index is -1.24. The van der Waals surface area contributed by atoms with E-state index in [0.29, 0.717) is 28.1 Å². The van der Waals surface area contributed by atoms with Gasteiger partial charge in [-0.2, -0.15) is 9.65 Å². The van der Waals surface area contributed by atoms with Gasteiger partial charge in [0.05, 0.1) is 17.0 Å². The second kappa shape index (κ2) is 5.32. The number of halogens is 2. The van der Waals surface area contributed by atoms with E-state index in [4.69, 9.17) is 0 Å². The van der Waals surface area contributed by atoms with E-state index in [1.54, 1.807) is 36.7 Å². The van der Waals surface area contributed by atoms with Crippen molar-refractivity contribution in [3.8, 4) is 17.5 Å². The maximum absolute atomic E-state index is 14.2. The van der Waals surface area contributed by atoms with Crippen LogP contribution in [-0.4, -0.2) is 15.0 Å². The van der Waals surface area contributed by atoms with E-state index in [1.807, 2.05) is 6.07 Å². The first kappa shape index (κ1) is 14.2. The summed E-state index contributed by atoms with van der Waals surface area (Å²) in [4.78, 5) is 11.9. The van der Waals surface area contributed by atoms with Crippen LogP contribution in [0.25, 0.3) is 22.5 Å². The summed E-state index contributed by atoms with van der Waals surface area (Å²) in [6, 6.07) is 10.3. The Labute approximate surface area is 135 Å². The van der Waals surface area contributed by atoms with Gasteiger partial charge in [0.15, 0.2) is 5.82 Å². The molecule has 0 atom stereocenters. The molecule has 4 rings (SSSR count). The second-order valence-electron chi connectivity index (χ2n) is 5.12. The number of aromatic nitrogens is 3. The zero-order valence-corrected chi connectivity index (χ0v) is 12.2. The van der Waals surface area contributed by atoms with Crippen LogP contribution in [0.5, 0.6) is 0 Å². The molecule has 0 aliphatic heterocycles. The number of nitriles is 1. The minimum absolute atomic E-state index is 0.0230. The summed E-state index contributed by atoms with van der Waals surface area (Å²) in [5.41, 5.74) is 2.95. The fourth-order valence-corrected chi connectivity index (χ4v) is 2.87. The molecule has 114 valence electrons. The van der Waals surface area contributed by atoms with Crippen molar-refractivity contribution in [3.05, 3.63) is 77.4 Å². The Morgan fingerprint density at radius 3 is 2.08 bits per heavy atom. The van der Waals surface area contributed by atoms with Crippen molar-refractivity contribution in [3.63, 3.8) is 0 Å². The zero-order chi connectivity index (χ0) is 16.7. The molecule has 4 nitrogen and oxygen atoms in total. The molecular weight excluding hydrogens is 310 g/mol. The van der Waals surface area contributed by atoms with Crippen LogP contribution in [0.15, 0.2) is 48.9 Å². The van der Waals surface area contributed by atoms with E-state index in [9.17, 15) is 14.0 Å². The molecule has 3 heterocycles. The number of hydrogen-bond acceptors (Lipinski definition) is 4. The number of hydrogen-bond donors (Lipinski definition) is 0. The zero-order valence-electron chi connectivity index (χ0n) is 12.2. The maximum Gasteiger partial charge on any atom is 0.249 e. The highest BCUT2D eigenvalue weighted by Gasteiger charge is 2.29. The average molecular weight is 318 g/mol. The molecule has 24 heavy (non-hydrogen) atoms. The molecular formula is C18H8F2N4. The average Bonchev–Trinajstić information content (AvgIpc) is 2.94. The summed E-state index contributed by atoms with van der Waals surface area (Å²) in [5, 5.41) is 9.65. The molecule has 0 bridgehead atoms. The lowest BCUT2D eigenvalue weighted by molar-refractivity contribution is 0.477. The van der Waals surface area contributed by atoms with Crippen LogP contribution in [0, 0.1) is 23.1 Å². The first-order chi connectivity index (χ1) is 11.7. The van der Waals surface area contributed by atoms with E-state index in [2.05, 4.69) is 15.0 Å². The van der Waals surface area contributed by atoms with Gasteiger partial charge in [0, 0.05) is 40.9 Å². The summed E-state index contributed by atoms with van der Waals surface area (Å²) in [5.74, 6) is -2.39. The fourth-order valence-electron chi connectivity index (χ4n) is 2.87. The van der Waals surface area contributed by atoms with Gasteiger partial charge in [-0.05, 0) is 18.2 Å². The number of pyridine rings is 3. The second-order valence-corrected chi connectivity index (χ2v) is 5.12. The standard InChI is InChI=1S/C18H8F2N4/c19-15-10(5-8-24-18(15)20)13(9-21)14-11-3-1-6-22-16(11)17-12(14)4-2-7-23-17/h1-8H. The largest absolute Gasteiger partial charge is 0.254 e. The Balaban J connectivity index is 2.12. The third kappa shape index (κ3) is 1.92. The van der Waals surface area contributed by atoms with E-state index in [0.717, 1.165) is 6.20 Å². The summed E-state index contributed by atoms with van der Waals surface area (Å²) in [6.45, 7) is 0. The molecule has 0 radical (unpaired) electrons. The van der Waals surface area contributed by atoms with Crippen LogP contribution in [0.1, 0.15) is 16.7 Å². The lowest BCUT2D eigenvalue weighted by Crippen LogP contribution is -1.98. The van der Waals surface area contributed by atoms with Crippen molar-refractivity contribution in [2.24, 2.45) is 0 Å². The maximum atomic E-state index is 14.2. The molecule has 0 saturated heterocycles. The summed E-state index contributed by atoms with van der Waals surface area (Å²) in [6.07, 6.45) is 4.38. The molecule has 1 aliphatic carbocycles. The van der Waals surface area contributed by atoms with Crippen LogP contribution in [0.3, 0.4) is 0 Å². The lowest BCUT2D eigenvalue weighted by atomic mass is 9.95. The SMILES string of the molecule is N#CC(=C1c2cccnc2-c2ncccc21)c1ccnc(F)c1F. The topological polar surface area (TPSA) is 62.5 Å². The quantitative estimate of drug-likeness (QED) is 0.397. The van der Waals surface area contributed by atoms with Crippen molar-refractivity contribution < 1.29 is 8.78 Å². The number of fused-ring (bicyclic) bond motifs is 3. The Kier molecular flexibility index (Phi) is 3.14. The van der Waals surface area contributed by atoms with Gasteiger partial charge >= 0.3 is 0 Å². The van der Waals surface area contributed by atoms with Crippen molar-refractivity contribution in [2.75, 3.05) is 0 Å². The van der Waals surface area contributed by atoms with Crippen LogP contribution in [0.2, 0.25) is 0 Å². The van der Waals surface area contributed by atoms with Crippen LogP contribution < -0.4 is 0 Å². The minimum Gasteiger partial charge on any atom is -0.254 e. The van der Waals surface area contributed by atoms with Gasteiger partial charge in [0.25, 0.3) is 0 Å². The molecule has 6 heteroatoms. The molecule has 3 aromatic heterocycles. The van der Waals surface area contributed by atoms with E-state index in [1.165, 1.54) is 6.07 Å². The molecule has 0 saturated carbocycles. The molecule has 0 aromatic carbocycles. The van der Waals surface area contributed by atoms with Crippen molar-refractivity contribution >= 4 is 11.1 Å². The fraction of sp³-hybridized carbons (Fsp3) is 0. The molecule has 1 aliphatic rings. The summed E-state index contributed by atoms with van der Waals surface area (Å²) >= 11 is 0. The molecule has 0 fully saturated rings. The van der Waals surface area contributed by atoms with E-state index < -0.39 is 11.8 Å². The van der Waals surface area contributed by atoms with Gasteiger partial charge in [0.1, 0.15) is 6.07 Å². The highest BCUT2D eigenvalue weighted by Crippen LogP contribution is 2.45.